The van der Waals surface area contributed by atoms with E-state index in [-0.39, 0.29) is 5.91 Å². The van der Waals surface area contributed by atoms with E-state index in [0.29, 0.717) is 6.42 Å². The van der Waals surface area contributed by atoms with Gasteiger partial charge in [0.2, 0.25) is 0 Å². The molecule has 0 rings (SSSR count). The molecule has 0 aromatic carbocycles. The summed E-state index contributed by atoms with van der Waals surface area (Å²) >= 11 is 0. The molecule has 0 unspecified atom stereocenters. The van der Waals surface area contributed by atoms with Crippen LogP contribution in [0.4, 0.5) is 0 Å². The average molecular weight is 197 g/mol. The Hall–Kier alpha value is -1.09. The minimum absolute atomic E-state index is 0.257. The fourth-order valence-corrected chi connectivity index (χ4v) is 1.02. The Bertz CT molecular complexity index is 231. The van der Waals surface area contributed by atoms with Gasteiger partial charge < -0.3 is 10.0 Å². The van der Waals surface area contributed by atoms with E-state index in [0.717, 1.165) is 12.0 Å². The van der Waals surface area contributed by atoms with E-state index in [2.05, 4.69) is 6.58 Å². The van der Waals surface area contributed by atoms with E-state index >= 15 is 0 Å². The molecule has 0 aliphatic carbocycles. The summed E-state index contributed by atoms with van der Waals surface area (Å²) in [5.74, 6) is -0.257. The maximum absolute atomic E-state index is 11.2. The predicted molar refractivity (Wildman–Crippen MR) is 57.9 cm³/mol. The molecule has 0 aromatic rings. The molecule has 0 bridgehead atoms. The van der Waals surface area contributed by atoms with Crippen LogP contribution in [-0.2, 0) is 4.79 Å². The number of hydrogen-bond donors (Lipinski definition) is 1. The first-order valence-corrected chi connectivity index (χ1v) is 4.64. The van der Waals surface area contributed by atoms with Crippen LogP contribution in [0, 0.1) is 0 Å². The molecule has 14 heavy (non-hydrogen) atoms. The molecule has 0 saturated carbocycles. The van der Waals surface area contributed by atoms with Crippen LogP contribution in [0.25, 0.3) is 0 Å². The van der Waals surface area contributed by atoms with Gasteiger partial charge in [-0.05, 0) is 13.3 Å². The number of carbonyl (C=O) groups excluding carboxylic acids is 1. The molecule has 0 aliphatic heterocycles. The number of aliphatic hydroxyl groups excluding tert-OH is 1. The first-order chi connectivity index (χ1) is 6.49. The van der Waals surface area contributed by atoms with E-state index in [1.807, 2.05) is 13.0 Å². The molecule has 3 heteroatoms. The average Bonchev–Trinajstić information content (AvgIpc) is 2.13. The van der Waals surface area contributed by atoms with Crippen molar-refractivity contribution in [3.63, 3.8) is 0 Å². The van der Waals surface area contributed by atoms with E-state index in [9.17, 15) is 9.90 Å². The first kappa shape index (κ1) is 12.9. The lowest BCUT2D eigenvalue weighted by Crippen LogP contribution is -2.33. The Balaban J connectivity index is 4.06. The van der Waals surface area contributed by atoms with E-state index in [1.54, 1.807) is 20.2 Å². The number of likely N-dealkylation sites (N-methyl/N-ethyl adjacent to an activating group) is 1. The summed E-state index contributed by atoms with van der Waals surface area (Å²) in [5.41, 5.74) is 1.12. The highest BCUT2D eigenvalue weighted by atomic mass is 16.3. The number of hydrogen-bond acceptors (Lipinski definition) is 2. The first-order valence-electron chi connectivity index (χ1n) is 4.64. The van der Waals surface area contributed by atoms with Gasteiger partial charge in [0.15, 0.2) is 0 Å². The van der Waals surface area contributed by atoms with E-state index in [4.69, 9.17) is 0 Å². The Morgan fingerprint density at radius 2 is 2.14 bits per heavy atom. The Morgan fingerprint density at radius 1 is 1.57 bits per heavy atom. The summed E-state index contributed by atoms with van der Waals surface area (Å²) in [6.45, 7) is 5.57. The van der Waals surface area contributed by atoms with Crippen molar-refractivity contribution in [2.75, 3.05) is 14.1 Å². The lowest BCUT2D eigenvalue weighted by atomic mass is 10.1. The molecular formula is C11H19NO2. The molecule has 80 valence electrons. The molecule has 1 N–H and O–H groups in total. The van der Waals surface area contributed by atoms with Crippen molar-refractivity contribution >= 4 is 5.91 Å². The summed E-state index contributed by atoms with van der Waals surface area (Å²) in [4.78, 5) is 12.6. The summed E-state index contributed by atoms with van der Waals surface area (Å²) in [7, 11) is 3.26. The van der Waals surface area contributed by atoms with Crippen molar-refractivity contribution in [2.24, 2.45) is 0 Å². The van der Waals surface area contributed by atoms with Crippen LogP contribution >= 0.6 is 0 Å². The number of amides is 1. The van der Waals surface area contributed by atoms with Crippen molar-refractivity contribution < 1.29 is 9.90 Å². The number of nitrogens with zero attached hydrogens (tertiary/aromatic N) is 1. The van der Waals surface area contributed by atoms with Crippen molar-refractivity contribution in [1.82, 2.24) is 4.90 Å². The van der Waals surface area contributed by atoms with Crippen molar-refractivity contribution in [3.05, 3.63) is 24.3 Å². The maximum atomic E-state index is 11.2. The van der Waals surface area contributed by atoms with Crippen molar-refractivity contribution in [2.45, 2.75) is 25.9 Å². The lowest BCUT2D eigenvalue weighted by molar-refractivity contribution is -0.137. The topological polar surface area (TPSA) is 40.5 Å². The SMILES string of the molecule is C=CC/C(C)=C\C[C@H](O)C(=O)N(C)C. The summed E-state index contributed by atoms with van der Waals surface area (Å²) in [6.07, 6.45) is 3.91. The molecule has 0 fully saturated rings. The molecule has 0 spiro atoms. The van der Waals surface area contributed by atoms with Gasteiger partial charge in [-0.15, -0.1) is 6.58 Å². The van der Waals surface area contributed by atoms with Crippen LogP contribution in [0.5, 0.6) is 0 Å². The fourth-order valence-electron chi connectivity index (χ4n) is 1.02. The highest BCUT2D eigenvalue weighted by Gasteiger charge is 2.14. The molecule has 3 nitrogen and oxygen atoms in total. The smallest absolute Gasteiger partial charge is 0.251 e. The summed E-state index contributed by atoms with van der Waals surface area (Å²) in [6, 6.07) is 0. The van der Waals surface area contributed by atoms with Crippen LogP contribution in [0.3, 0.4) is 0 Å². The highest BCUT2D eigenvalue weighted by molar-refractivity contribution is 5.80. The molecule has 1 atom stereocenters. The minimum atomic E-state index is -0.926. The highest BCUT2D eigenvalue weighted by Crippen LogP contribution is 2.05. The summed E-state index contributed by atoms with van der Waals surface area (Å²) < 4.78 is 0. The van der Waals surface area contributed by atoms with Gasteiger partial charge in [-0.25, -0.2) is 0 Å². The summed E-state index contributed by atoms with van der Waals surface area (Å²) in [5, 5.41) is 9.44. The van der Waals surface area contributed by atoms with Crippen LogP contribution in [0.2, 0.25) is 0 Å². The van der Waals surface area contributed by atoms with Crippen LogP contribution < -0.4 is 0 Å². The number of aliphatic hydroxyl groups is 1. The minimum Gasteiger partial charge on any atom is -0.383 e. The second-order valence-electron chi connectivity index (χ2n) is 3.53. The third-order valence-corrected chi connectivity index (χ3v) is 1.88. The van der Waals surface area contributed by atoms with E-state index in [1.165, 1.54) is 4.90 Å². The Labute approximate surface area is 85.7 Å². The third kappa shape index (κ3) is 4.82. The standard InChI is InChI=1S/C11H19NO2/c1-5-6-9(2)7-8-10(13)11(14)12(3)4/h5,7,10,13H,1,6,8H2,2-4H3/b9-7-/t10-/m0/s1. The van der Waals surface area contributed by atoms with E-state index < -0.39 is 6.10 Å². The molecular weight excluding hydrogens is 178 g/mol. The van der Waals surface area contributed by atoms with Crippen molar-refractivity contribution in [3.8, 4) is 0 Å². The monoisotopic (exact) mass is 197 g/mol. The number of allylic oxidation sites excluding steroid dienone is 2. The second-order valence-corrected chi connectivity index (χ2v) is 3.53. The second kappa shape index (κ2) is 6.38. The van der Waals surface area contributed by atoms with Crippen LogP contribution in [0.15, 0.2) is 24.3 Å². The number of rotatable bonds is 5. The van der Waals surface area contributed by atoms with Gasteiger partial charge in [-0.3, -0.25) is 4.79 Å². The normalized spacial score (nSPS) is 13.6. The van der Waals surface area contributed by atoms with Gasteiger partial charge in [-0.1, -0.05) is 17.7 Å². The van der Waals surface area contributed by atoms with Gasteiger partial charge in [-0.2, -0.15) is 0 Å². The molecule has 0 radical (unpaired) electrons. The Kier molecular flexibility index (Phi) is 5.88. The largest absolute Gasteiger partial charge is 0.383 e. The van der Waals surface area contributed by atoms with Gasteiger partial charge in [0.25, 0.3) is 5.91 Å². The van der Waals surface area contributed by atoms with Gasteiger partial charge in [0.05, 0.1) is 0 Å². The molecule has 0 aliphatic rings. The molecule has 1 amide bonds. The van der Waals surface area contributed by atoms with Crippen LogP contribution in [-0.4, -0.2) is 36.1 Å². The zero-order valence-corrected chi connectivity index (χ0v) is 9.16. The van der Waals surface area contributed by atoms with Gasteiger partial charge in [0.1, 0.15) is 6.10 Å². The lowest BCUT2D eigenvalue weighted by Gasteiger charge is -2.14. The van der Waals surface area contributed by atoms with Gasteiger partial charge >= 0.3 is 0 Å². The van der Waals surface area contributed by atoms with Gasteiger partial charge in [0, 0.05) is 20.5 Å². The van der Waals surface area contributed by atoms with Crippen LogP contribution in [0.1, 0.15) is 19.8 Å². The maximum Gasteiger partial charge on any atom is 0.251 e. The third-order valence-electron chi connectivity index (χ3n) is 1.88. The quantitative estimate of drug-likeness (QED) is 0.676. The predicted octanol–water partition coefficient (Wildman–Crippen LogP) is 1.35. The Morgan fingerprint density at radius 3 is 2.57 bits per heavy atom. The zero-order chi connectivity index (χ0) is 11.1. The van der Waals surface area contributed by atoms with Crippen molar-refractivity contribution in [1.29, 1.82) is 0 Å². The zero-order valence-electron chi connectivity index (χ0n) is 9.16. The molecule has 0 saturated heterocycles. The molecule has 0 aromatic heterocycles. The molecule has 0 heterocycles. The number of carbonyl (C=O) groups is 1. The fraction of sp³-hybridized carbons (Fsp3) is 0.545.